The molecule has 0 aliphatic carbocycles. The van der Waals surface area contributed by atoms with E-state index in [0.29, 0.717) is 18.7 Å². The quantitative estimate of drug-likeness (QED) is 0.116. The normalized spacial score (nSPS) is 12.6. The zero-order valence-electron chi connectivity index (χ0n) is 19.8. The van der Waals surface area contributed by atoms with E-state index in [2.05, 4.69) is 55.2 Å². The minimum atomic E-state index is -0.537. The van der Waals surface area contributed by atoms with Crippen LogP contribution in [0.25, 0.3) is 27.9 Å². The molecule has 0 spiro atoms. The van der Waals surface area contributed by atoms with Crippen molar-refractivity contribution < 1.29 is 9.90 Å². The van der Waals surface area contributed by atoms with Gasteiger partial charge in [-0.1, -0.05) is 52.3 Å². The molecule has 0 aliphatic rings. The Kier molecular flexibility index (Phi) is 7.47. The number of hydrogen-bond acceptors (Lipinski definition) is 3. The van der Waals surface area contributed by atoms with Crippen molar-refractivity contribution in [2.45, 2.75) is 19.1 Å². The topological polar surface area (TPSA) is 70.1 Å². The van der Waals surface area contributed by atoms with Crippen LogP contribution in [0.4, 0.5) is 0 Å². The lowest BCUT2D eigenvalue weighted by Crippen LogP contribution is -2.31. The van der Waals surface area contributed by atoms with Gasteiger partial charge >= 0.3 is 0 Å². The molecule has 2 aromatic heterocycles. The molecular formula is C30H28BrN3O2. The zero-order chi connectivity index (χ0) is 24.9. The average molecular weight is 542 g/mol. The highest BCUT2D eigenvalue weighted by Crippen LogP contribution is 2.23. The van der Waals surface area contributed by atoms with Crippen LogP contribution in [0.3, 0.4) is 0 Å². The molecule has 3 aromatic carbocycles. The van der Waals surface area contributed by atoms with Crippen LogP contribution in [0.1, 0.15) is 21.5 Å². The predicted molar refractivity (Wildman–Crippen MR) is 150 cm³/mol. The summed E-state index contributed by atoms with van der Waals surface area (Å²) >= 11 is 3.40. The number of para-hydroxylation sites is 2. The molecule has 0 aliphatic heterocycles. The van der Waals surface area contributed by atoms with Crippen LogP contribution in [0.15, 0.2) is 95.7 Å². The van der Waals surface area contributed by atoms with Crippen molar-refractivity contribution in [1.29, 1.82) is 0 Å². The molecule has 0 fully saturated rings. The summed E-state index contributed by atoms with van der Waals surface area (Å²) in [5.74, 6) is -0.0428. The number of nitrogens with one attached hydrogen (secondary N) is 2. The van der Waals surface area contributed by atoms with Crippen molar-refractivity contribution in [3.8, 4) is 0 Å². The average Bonchev–Trinajstić information content (AvgIpc) is 3.47. The molecule has 36 heavy (non-hydrogen) atoms. The minimum Gasteiger partial charge on any atom is -0.390 e. The number of aromatic amines is 1. The molecule has 0 saturated heterocycles. The van der Waals surface area contributed by atoms with Crippen molar-refractivity contribution in [3.05, 3.63) is 112 Å². The summed E-state index contributed by atoms with van der Waals surface area (Å²) in [7, 11) is 0. The Morgan fingerprint density at radius 2 is 1.78 bits per heavy atom. The highest BCUT2D eigenvalue weighted by atomic mass is 79.9. The third kappa shape index (κ3) is 5.51. The third-order valence-electron chi connectivity index (χ3n) is 6.40. The highest BCUT2D eigenvalue weighted by molar-refractivity contribution is 9.10. The van der Waals surface area contributed by atoms with Gasteiger partial charge in [0.2, 0.25) is 0 Å². The summed E-state index contributed by atoms with van der Waals surface area (Å²) in [4.78, 5) is 15.9. The number of rotatable bonds is 10. The largest absolute Gasteiger partial charge is 0.390 e. The van der Waals surface area contributed by atoms with Crippen LogP contribution in [0, 0.1) is 0 Å². The Labute approximate surface area is 218 Å². The van der Waals surface area contributed by atoms with Gasteiger partial charge in [0.1, 0.15) is 0 Å². The number of hydrogen-bond donors (Lipinski definition) is 3. The first-order chi connectivity index (χ1) is 17.6. The number of carbonyl (C=O) groups is 1. The van der Waals surface area contributed by atoms with E-state index in [4.69, 9.17) is 0 Å². The molecule has 0 saturated carbocycles. The van der Waals surface area contributed by atoms with Gasteiger partial charge in [-0.3, -0.25) is 4.79 Å². The van der Waals surface area contributed by atoms with E-state index in [9.17, 15) is 9.90 Å². The number of aromatic nitrogens is 2. The first kappa shape index (κ1) is 24.3. The second kappa shape index (κ2) is 11.1. The van der Waals surface area contributed by atoms with Gasteiger partial charge in [-0.25, -0.2) is 0 Å². The molecule has 0 amide bonds. The molecule has 6 heteroatoms. The fourth-order valence-corrected chi connectivity index (χ4v) is 4.82. The van der Waals surface area contributed by atoms with Crippen molar-refractivity contribution in [1.82, 2.24) is 14.9 Å². The number of H-pyrrole nitrogens is 1. The molecule has 1 atom stereocenters. The number of ketones is 1. The van der Waals surface area contributed by atoms with E-state index >= 15 is 0 Å². The summed E-state index contributed by atoms with van der Waals surface area (Å²) in [6.45, 7) is 1.76. The standard InChI is InChI=1S/C30H28BrN3O2/c31-24-12-9-21(10-13-24)30(36)14-11-23-19-34(29-8-4-2-6-27(23)29)20-25(35)18-32-16-15-22-17-33-28-7-3-1-5-26(22)28/h1-14,17,19,25,32-33,35H,15-16,18,20H2/b14-11+/t25-/m1/s1. The summed E-state index contributed by atoms with van der Waals surface area (Å²) < 4.78 is 3.00. The van der Waals surface area contributed by atoms with Gasteiger partial charge in [0, 0.05) is 62.9 Å². The summed E-state index contributed by atoms with van der Waals surface area (Å²) in [6.07, 6.45) is 7.89. The van der Waals surface area contributed by atoms with E-state index < -0.39 is 6.10 Å². The Balaban J connectivity index is 1.21. The number of halogens is 1. The van der Waals surface area contributed by atoms with Gasteiger partial charge < -0.3 is 20.0 Å². The van der Waals surface area contributed by atoms with Crippen LogP contribution in [-0.2, 0) is 13.0 Å². The molecule has 3 N–H and O–H groups in total. The second-order valence-electron chi connectivity index (χ2n) is 8.93. The number of benzene rings is 3. The van der Waals surface area contributed by atoms with Crippen LogP contribution >= 0.6 is 15.9 Å². The van der Waals surface area contributed by atoms with Gasteiger partial charge in [0.15, 0.2) is 5.78 Å². The lowest BCUT2D eigenvalue weighted by molar-refractivity contribution is 0.104. The van der Waals surface area contributed by atoms with Crippen molar-refractivity contribution >= 4 is 49.6 Å². The first-order valence-electron chi connectivity index (χ1n) is 12.1. The monoisotopic (exact) mass is 541 g/mol. The molecule has 0 unspecified atom stereocenters. The summed E-state index contributed by atoms with van der Waals surface area (Å²) in [5, 5.41) is 16.4. The molecule has 5 rings (SSSR count). The lowest BCUT2D eigenvalue weighted by atomic mass is 10.1. The van der Waals surface area contributed by atoms with Gasteiger partial charge in [0.05, 0.1) is 6.10 Å². The van der Waals surface area contributed by atoms with E-state index in [0.717, 1.165) is 39.4 Å². The smallest absolute Gasteiger partial charge is 0.185 e. The Bertz CT molecular complexity index is 1510. The van der Waals surface area contributed by atoms with E-state index in [-0.39, 0.29) is 5.78 Å². The van der Waals surface area contributed by atoms with Gasteiger partial charge in [-0.15, -0.1) is 0 Å². The second-order valence-corrected chi connectivity index (χ2v) is 9.84. The molecule has 0 bridgehead atoms. The number of nitrogens with zero attached hydrogens (tertiary/aromatic N) is 1. The van der Waals surface area contributed by atoms with Gasteiger partial charge in [-0.05, 0) is 67.1 Å². The van der Waals surface area contributed by atoms with Crippen molar-refractivity contribution in [2.24, 2.45) is 0 Å². The molecule has 0 radical (unpaired) electrons. The number of allylic oxidation sites excluding steroid dienone is 1. The maximum atomic E-state index is 12.6. The van der Waals surface area contributed by atoms with Gasteiger partial charge in [0.25, 0.3) is 0 Å². The van der Waals surface area contributed by atoms with E-state index in [1.54, 1.807) is 6.08 Å². The number of carbonyl (C=O) groups excluding carboxylic acids is 1. The summed E-state index contributed by atoms with van der Waals surface area (Å²) in [5.41, 5.74) is 5.06. The Morgan fingerprint density at radius 3 is 2.61 bits per heavy atom. The zero-order valence-corrected chi connectivity index (χ0v) is 21.4. The number of fused-ring (bicyclic) bond motifs is 2. The van der Waals surface area contributed by atoms with Crippen LogP contribution in [0.5, 0.6) is 0 Å². The molecule has 2 heterocycles. The predicted octanol–water partition coefficient (Wildman–Crippen LogP) is 5.97. The van der Waals surface area contributed by atoms with Crippen molar-refractivity contribution in [3.63, 3.8) is 0 Å². The van der Waals surface area contributed by atoms with Crippen LogP contribution in [-0.4, -0.2) is 39.6 Å². The number of aliphatic hydroxyl groups excluding tert-OH is 1. The number of aliphatic hydroxyl groups is 1. The molecule has 182 valence electrons. The van der Waals surface area contributed by atoms with Crippen LogP contribution < -0.4 is 5.32 Å². The minimum absolute atomic E-state index is 0.0428. The maximum absolute atomic E-state index is 12.6. The molecule has 5 nitrogen and oxygen atoms in total. The van der Waals surface area contributed by atoms with E-state index in [1.807, 2.05) is 66.9 Å². The Hall–Kier alpha value is -3.45. The van der Waals surface area contributed by atoms with Crippen LogP contribution in [0.2, 0.25) is 0 Å². The third-order valence-corrected chi connectivity index (χ3v) is 6.92. The van der Waals surface area contributed by atoms with Crippen molar-refractivity contribution in [2.75, 3.05) is 13.1 Å². The fraction of sp³-hybridized carbons (Fsp3) is 0.167. The Morgan fingerprint density at radius 1 is 1.03 bits per heavy atom. The fourth-order valence-electron chi connectivity index (χ4n) is 4.56. The lowest BCUT2D eigenvalue weighted by Gasteiger charge is -2.13. The van der Waals surface area contributed by atoms with Gasteiger partial charge in [-0.2, -0.15) is 0 Å². The molecular weight excluding hydrogens is 514 g/mol. The SMILES string of the molecule is O=C(/C=C/c1cn(C[C@H](O)CNCCc2c[nH]c3ccccc23)c2ccccc12)c1ccc(Br)cc1. The first-order valence-corrected chi connectivity index (χ1v) is 12.9. The highest BCUT2D eigenvalue weighted by Gasteiger charge is 2.11. The van der Waals surface area contributed by atoms with E-state index in [1.165, 1.54) is 10.9 Å². The molecule has 5 aromatic rings. The maximum Gasteiger partial charge on any atom is 0.185 e. The summed E-state index contributed by atoms with van der Waals surface area (Å²) in [6, 6.07) is 23.7.